The number of hydrogen-bond donors (Lipinski definition) is 1. The van der Waals surface area contributed by atoms with Gasteiger partial charge in [-0.2, -0.15) is 0 Å². The Bertz CT molecular complexity index is 1130. The number of carbonyl (C=O) groups excluding carboxylic acids is 1. The molecule has 0 aromatic carbocycles. The van der Waals surface area contributed by atoms with Crippen molar-refractivity contribution >= 4 is 22.3 Å². The molecule has 3 aromatic rings. The van der Waals surface area contributed by atoms with Crippen LogP contribution < -0.4 is 11.3 Å². The minimum Gasteiger partial charge on any atom is -0.463 e. The standard InChI is InChI=1S/C30H43N3O3S/c1-3-5-6-7-8-9-10-11-12-13-14-15-17-24(28(35)23-19-20-26(34)33(4-2)22-23)29-27(32-30(31)37-29)25-18-16-21-36-25/h16,18-22,24H,3-15,17H2,1-2H3,(H2,31,32). The SMILES string of the molecule is CCCCCCCCCCCCCCC(C(=O)c1ccc(=O)n(CC)c1)c1sc(N)nc1-c1ccco1. The highest BCUT2D eigenvalue weighted by molar-refractivity contribution is 7.16. The van der Waals surface area contributed by atoms with Crippen LogP contribution in [-0.2, 0) is 6.54 Å². The largest absolute Gasteiger partial charge is 0.463 e. The number of nitrogens with two attached hydrogens (primary N) is 1. The Morgan fingerprint density at radius 1 is 0.973 bits per heavy atom. The zero-order chi connectivity index (χ0) is 26.5. The lowest BCUT2D eigenvalue weighted by molar-refractivity contribution is 0.0954. The molecule has 2 N–H and O–H groups in total. The molecule has 7 heteroatoms. The van der Waals surface area contributed by atoms with E-state index in [0.29, 0.717) is 28.7 Å². The maximum Gasteiger partial charge on any atom is 0.250 e. The molecule has 3 rings (SSSR count). The zero-order valence-corrected chi connectivity index (χ0v) is 23.4. The Morgan fingerprint density at radius 3 is 2.22 bits per heavy atom. The Labute approximate surface area is 225 Å². The molecule has 1 atom stereocenters. The first-order valence-electron chi connectivity index (χ1n) is 14.1. The summed E-state index contributed by atoms with van der Waals surface area (Å²) in [5.74, 6) is 0.247. The fourth-order valence-electron chi connectivity index (χ4n) is 4.87. The highest BCUT2D eigenvalue weighted by atomic mass is 32.1. The van der Waals surface area contributed by atoms with Crippen molar-refractivity contribution in [1.82, 2.24) is 9.55 Å². The number of unbranched alkanes of at least 4 members (excludes halogenated alkanes) is 11. The first kappa shape index (κ1) is 28.9. The number of Topliss-reactive ketones (excluding diaryl/α,β-unsaturated/α-hetero) is 1. The molecule has 0 amide bonds. The fourth-order valence-corrected chi connectivity index (χ4v) is 5.84. The van der Waals surface area contributed by atoms with Crippen molar-refractivity contribution in [2.24, 2.45) is 0 Å². The van der Waals surface area contributed by atoms with Crippen LogP contribution in [0.2, 0.25) is 0 Å². The lowest BCUT2D eigenvalue weighted by Crippen LogP contribution is -2.21. The normalized spacial score (nSPS) is 12.2. The van der Waals surface area contributed by atoms with Crippen LogP contribution in [0, 0.1) is 0 Å². The van der Waals surface area contributed by atoms with Gasteiger partial charge in [-0.3, -0.25) is 9.59 Å². The summed E-state index contributed by atoms with van der Waals surface area (Å²) >= 11 is 1.36. The van der Waals surface area contributed by atoms with Gasteiger partial charge in [0.2, 0.25) is 0 Å². The van der Waals surface area contributed by atoms with Gasteiger partial charge in [0.25, 0.3) is 5.56 Å². The maximum atomic E-state index is 13.8. The van der Waals surface area contributed by atoms with Gasteiger partial charge in [-0.05, 0) is 31.5 Å². The van der Waals surface area contributed by atoms with E-state index in [1.807, 2.05) is 19.1 Å². The molecule has 3 aromatic heterocycles. The zero-order valence-electron chi connectivity index (χ0n) is 22.5. The van der Waals surface area contributed by atoms with E-state index in [0.717, 1.165) is 24.1 Å². The molecule has 0 saturated heterocycles. The van der Waals surface area contributed by atoms with E-state index in [2.05, 4.69) is 11.9 Å². The lowest BCUT2D eigenvalue weighted by atomic mass is 9.90. The van der Waals surface area contributed by atoms with E-state index in [-0.39, 0.29) is 17.3 Å². The Morgan fingerprint density at radius 2 is 1.62 bits per heavy atom. The minimum absolute atomic E-state index is 0.00160. The topological polar surface area (TPSA) is 91.1 Å². The van der Waals surface area contributed by atoms with Gasteiger partial charge in [-0.15, -0.1) is 11.3 Å². The number of hydrogen-bond acceptors (Lipinski definition) is 6. The average Bonchev–Trinajstić information content (AvgIpc) is 3.56. The van der Waals surface area contributed by atoms with Crippen molar-refractivity contribution in [3.63, 3.8) is 0 Å². The second-order valence-corrected chi connectivity index (χ2v) is 10.9. The Hall–Kier alpha value is -2.67. The van der Waals surface area contributed by atoms with Crippen LogP contribution in [0.3, 0.4) is 0 Å². The number of thiazole rings is 1. The average molecular weight is 526 g/mol. The van der Waals surface area contributed by atoms with Gasteiger partial charge in [0.15, 0.2) is 16.7 Å². The second-order valence-electron chi connectivity index (χ2n) is 9.88. The summed E-state index contributed by atoms with van der Waals surface area (Å²) in [6.45, 7) is 4.68. The van der Waals surface area contributed by atoms with Gasteiger partial charge in [0.1, 0.15) is 5.69 Å². The Kier molecular flexibility index (Phi) is 12.1. The van der Waals surface area contributed by atoms with E-state index in [4.69, 9.17) is 10.2 Å². The van der Waals surface area contributed by atoms with E-state index >= 15 is 0 Å². The minimum atomic E-state index is -0.374. The summed E-state index contributed by atoms with van der Waals surface area (Å²) in [6.07, 6.45) is 19.2. The van der Waals surface area contributed by atoms with Gasteiger partial charge in [0, 0.05) is 29.2 Å². The van der Waals surface area contributed by atoms with Crippen LogP contribution in [0.1, 0.15) is 118 Å². The number of furan rings is 1. The summed E-state index contributed by atoms with van der Waals surface area (Å²) in [7, 11) is 0. The number of nitrogens with zero attached hydrogens (tertiary/aromatic N) is 2. The number of ketones is 1. The van der Waals surface area contributed by atoms with Crippen molar-refractivity contribution in [3.8, 4) is 11.5 Å². The number of carbonyl (C=O) groups is 1. The van der Waals surface area contributed by atoms with E-state index in [9.17, 15) is 9.59 Å². The Balaban J connectivity index is 1.61. The van der Waals surface area contributed by atoms with Crippen LogP contribution in [0.15, 0.2) is 45.9 Å². The highest BCUT2D eigenvalue weighted by Crippen LogP contribution is 2.39. The first-order chi connectivity index (χ1) is 18.0. The predicted octanol–water partition coefficient (Wildman–Crippen LogP) is 8.22. The molecule has 0 saturated carbocycles. The predicted molar refractivity (Wildman–Crippen MR) is 153 cm³/mol. The van der Waals surface area contributed by atoms with Crippen LogP contribution >= 0.6 is 11.3 Å². The van der Waals surface area contributed by atoms with Crippen molar-refractivity contribution in [2.75, 3.05) is 5.73 Å². The molecule has 3 heterocycles. The third-order valence-electron chi connectivity index (χ3n) is 7.01. The number of pyridine rings is 1. The summed E-state index contributed by atoms with van der Waals surface area (Å²) < 4.78 is 7.18. The number of anilines is 1. The third kappa shape index (κ3) is 8.70. The van der Waals surface area contributed by atoms with Crippen LogP contribution in [-0.4, -0.2) is 15.3 Å². The first-order valence-corrected chi connectivity index (χ1v) is 14.9. The summed E-state index contributed by atoms with van der Waals surface area (Å²) in [5, 5.41) is 0.424. The molecule has 0 radical (unpaired) electrons. The molecule has 202 valence electrons. The molecule has 6 nitrogen and oxygen atoms in total. The summed E-state index contributed by atoms with van der Waals surface area (Å²) in [4.78, 5) is 31.2. The van der Waals surface area contributed by atoms with Gasteiger partial charge in [0.05, 0.1) is 12.2 Å². The lowest BCUT2D eigenvalue weighted by Gasteiger charge is -2.16. The van der Waals surface area contributed by atoms with Crippen molar-refractivity contribution in [2.45, 2.75) is 110 Å². The smallest absolute Gasteiger partial charge is 0.250 e. The van der Waals surface area contributed by atoms with Crippen LogP contribution in [0.4, 0.5) is 5.13 Å². The van der Waals surface area contributed by atoms with E-state index in [1.54, 1.807) is 23.1 Å². The summed E-state index contributed by atoms with van der Waals surface area (Å²) in [5.41, 5.74) is 7.19. The fraction of sp³-hybridized carbons (Fsp3) is 0.567. The van der Waals surface area contributed by atoms with Gasteiger partial charge in [-0.25, -0.2) is 4.98 Å². The molecular weight excluding hydrogens is 482 g/mol. The molecule has 1 unspecified atom stereocenters. The van der Waals surface area contributed by atoms with Gasteiger partial charge >= 0.3 is 0 Å². The van der Waals surface area contributed by atoms with Gasteiger partial charge < -0.3 is 14.7 Å². The molecule has 0 aliphatic rings. The third-order valence-corrected chi connectivity index (χ3v) is 8.01. The van der Waals surface area contributed by atoms with Crippen molar-refractivity contribution < 1.29 is 9.21 Å². The maximum absolute atomic E-state index is 13.8. The van der Waals surface area contributed by atoms with Crippen LogP contribution in [0.25, 0.3) is 11.5 Å². The molecule has 0 spiro atoms. The molecule has 0 bridgehead atoms. The summed E-state index contributed by atoms with van der Waals surface area (Å²) in [6, 6.07) is 6.78. The molecule has 0 fully saturated rings. The number of nitrogen functional groups attached to an aromatic ring is 1. The number of rotatable bonds is 18. The molecule has 37 heavy (non-hydrogen) atoms. The molecular formula is C30H43N3O3S. The van der Waals surface area contributed by atoms with E-state index < -0.39 is 0 Å². The van der Waals surface area contributed by atoms with E-state index in [1.165, 1.54) is 81.6 Å². The highest BCUT2D eigenvalue weighted by Gasteiger charge is 2.29. The van der Waals surface area contributed by atoms with Crippen molar-refractivity contribution in [1.29, 1.82) is 0 Å². The monoisotopic (exact) mass is 525 g/mol. The van der Waals surface area contributed by atoms with Crippen molar-refractivity contribution in [3.05, 3.63) is 57.5 Å². The molecule has 0 aliphatic carbocycles. The van der Waals surface area contributed by atoms with Crippen LogP contribution in [0.5, 0.6) is 0 Å². The number of aromatic nitrogens is 2. The van der Waals surface area contributed by atoms with Gasteiger partial charge in [-0.1, -0.05) is 84.0 Å². The quantitative estimate of drug-likeness (QED) is 0.133. The number of aryl methyl sites for hydroxylation is 1. The second kappa shape index (κ2) is 15.6. The molecule has 0 aliphatic heterocycles.